The Balaban J connectivity index is 2.73. The average Bonchev–Trinajstić information content (AvgIpc) is 2.10. The SMILES string of the molecule is [B]NCCCCOCCCCN. The summed E-state index contributed by atoms with van der Waals surface area (Å²) in [7, 11) is 5.10. The molecule has 0 fully saturated rings. The van der Waals surface area contributed by atoms with Gasteiger partial charge >= 0.3 is 0 Å². The van der Waals surface area contributed by atoms with Gasteiger partial charge in [-0.25, -0.2) is 0 Å². The molecule has 0 aromatic carbocycles. The third-order valence-electron chi connectivity index (χ3n) is 1.60. The molecule has 0 heterocycles. The average molecular weight is 170 g/mol. The van der Waals surface area contributed by atoms with Gasteiger partial charge in [0.05, 0.1) is 0 Å². The van der Waals surface area contributed by atoms with E-state index in [0.29, 0.717) is 0 Å². The van der Waals surface area contributed by atoms with E-state index in [1.165, 1.54) is 0 Å². The minimum absolute atomic E-state index is 0.764. The zero-order chi connectivity index (χ0) is 9.07. The van der Waals surface area contributed by atoms with E-state index >= 15 is 0 Å². The standard InChI is InChI=1S/C8H19BN2O/c9-11-6-2-4-8-12-7-3-1-5-10/h11H,1-8,10H2. The van der Waals surface area contributed by atoms with Crippen LogP contribution in [0.4, 0.5) is 0 Å². The second kappa shape index (κ2) is 10.9. The molecule has 3 N–H and O–H groups in total. The number of rotatable bonds is 9. The van der Waals surface area contributed by atoms with Gasteiger partial charge in [-0.3, -0.25) is 0 Å². The molecule has 0 amide bonds. The van der Waals surface area contributed by atoms with Gasteiger partial charge in [0.15, 0.2) is 7.98 Å². The first-order valence-corrected chi connectivity index (χ1v) is 4.63. The van der Waals surface area contributed by atoms with Crippen molar-refractivity contribution in [3.05, 3.63) is 0 Å². The number of hydrogen-bond donors (Lipinski definition) is 2. The number of ether oxygens (including phenoxy) is 1. The predicted molar refractivity (Wildman–Crippen MR) is 52.1 cm³/mol. The van der Waals surface area contributed by atoms with E-state index in [1.54, 1.807) is 0 Å². The molecule has 0 aromatic heterocycles. The lowest BCUT2D eigenvalue weighted by molar-refractivity contribution is 0.127. The first-order valence-electron chi connectivity index (χ1n) is 4.63. The minimum Gasteiger partial charge on any atom is -0.381 e. The van der Waals surface area contributed by atoms with Crippen LogP contribution in [-0.2, 0) is 4.74 Å². The minimum atomic E-state index is 0.764. The summed E-state index contributed by atoms with van der Waals surface area (Å²) in [5, 5.41) is 2.61. The van der Waals surface area contributed by atoms with Gasteiger partial charge < -0.3 is 15.7 Å². The van der Waals surface area contributed by atoms with Crippen molar-refractivity contribution in [1.29, 1.82) is 0 Å². The lowest BCUT2D eigenvalue weighted by atomic mass is 10.3. The van der Waals surface area contributed by atoms with E-state index in [1.807, 2.05) is 0 Å². The zero-order valence-electron chi connectivity index (χ0n) is 7.72. The third kappa shape index (κ3) is 9.94. The number of nitrogens with one attached hydrogen (secondary N) is 1. The maximum Gasteiger partial charge on any atom is 0.177 e. The van der Waals surface area contributed by atoms with Crippen LogP contribution in [0.5, 0.6) is 0 Å². The Hall–Kier alpha value is -0.0551. The highest BCUT2D eigenvalue weighted by atomic mass is 16.5. The molecule has 0 saturated carbocycles. The molecular weight excluding hydrogens is 151 g/mol. The highest BCUT2D eigenvalue weighted by Crippen LogP contribution is 1.91. The Morgan fingerprint density at radius 3 is 2.33 bits per heavy atom. The predicted octanol–water partition coefficient (Wildman–Crippen LogP) is 0.195. The van der Waals surface area contributed by atoms with Gasteiger partial charge in [0.2, 0.25) is 0 Å². The summed E-state index contributed by atoms with van der Waals surface area (Å²) in [5.74, 6) is 0. The van der Waals surface area contributed by atoms with Crippen LogP contribution in [0.3, 0.4) is 0 Å². The van der Waals surface area contributed by atoms with Gasteiger partial charge in [0.1, 0.15) is 0 Å². The molecular formula is C8H19BN2O. The van der Waals surface area contributed by atoms with Gasteiger partial charge in [0.25, 0.3) is 0 Å². The van der Waals surface area contributed by atoms with Crippen LogP contribution in [0, 0.1) is 0 Å². The van der Waals surface area contributed by atoms with Gasteiger partial charge in [-0.05, 0) is 38.8 Å². The maximum absolute atomic E-state index is 5.36. The molecule has 0 bridgehead atoms. The van der Waals surface area contributed by atoms with Gasteiger partial charge in [0, 0.05) is 13.2 Å². The second-order valence-electron chi connectivity index (χ2n) is 2.77. The number of hydrogen-bond acceptors (Lipinski definition) is 3. The highest BCUT2D eigenvalue weighted by Gasteiger charge is 1.89. The van der Waals surface area contributed by atoms with E-state index < -0.39 is 0 Å². The van der Waals surface area contributed by atoms with Crippen LogP contribution in [0.15, 0.2) is 0 Å². The first-order chi connectivity index (χ1) is 5.91. The first kappa shape index (κ1) is 11.9. The number of nitrogens with two attached hydrogens (primary N) is 1. The van der Waals surface area contributed by atoms with Crippen molar-refractivity contribution >= 4 is 7.98 Å². The molecule has 0 rings (SSSR count). The van der Waals surface area contributed by atoms with E-state index in [-0.39, 0.29) is 0 Å². The summed E-state index contributed by atoms with van der Waals surface area (Å²) in [6, 6.07) is 0. The van der Waals surface area contributed by atoms with Crippen LogP contribution >= 0.6 is 0 Å². The Morgan fingerprint density at radius 1 is 1.08 bits per heavy atom. The second-order valence-corrected chi connectivity index (χ2v) is 2.77. The van der Waals surface area contributed by atoms with Crippen LogP contribution in [0.25, 0.3) is 0 Å². The molecule has 0 atom stereocenters. The van der Waals surface area contributed by atoms with Crippen molar-refractivity contribution in [1.82, 2.24) is 5.23 Å². The molecule has 4 heteroatoms. The summed E-state index contributed by atoms with van der Waals surface area (Å²) < 4.78 is 5.36. The molecule has 0 aliphatic heterocycles. The summed E-state index contributed by atoms with van der Waals surface area (Å²) in [6.07, 6.45) is 4.29. The van der Waals surface area contributed by atoms with Crippen LogP contribution in [0.2, 0.25) is 0 Å². The lowest BCUT2D eigenvalue weighted by Crippen LogP contribution is -2.10. The zero-order valence-corrected chi connectivity index (χ0v) is 7.72. The Kier molecular flexibility index (Phi) is 10.9. The monoisotopic (exact) mass is 170 g/mol. The Labute approximate surface area is 76.5 Å². The van der Waals surface area contributed by atoms with Crippen molar-refractivity contribution in [3.63, 3.8) is 0 Å². The molecule has 12 heavy (non-hydrogen) atoms. The van der Waals surface area contributed by atoms with E-state index in [2.05, 4.69) is 5.23 Å². The van der Waals surface area contributed by atoms with Crippen LogP contribution in [-0.4, -0.2) is 34.3 Å². The van der Waals surface area contributed by atoms with E-state index in [4.69, 9.17) is 18.5 Å². The highest BCUT2D eigenvalue weighted by molar-refractivity contribution is 6.04. The van der Waals surface area contributed by atoms with Crippen molar-refractivity contribution < 1.29 is 4.74 Å². The smallest absolute Gasteiger partial charge is 0.177 e. The van der Waals surface area contributed by atoms with E-state index in [0.717, 1.165) is 52.0 Å². The van der Waals surface area contributed by atoms with E-state index in [9.17, 15) is 0 Å². The fourth-order valence-electron chi connectivity index (χ4n) is 0.882. The Bertz CT molecular complexity index is 73.5. The molecule has 0 aliphatic carbocycles. The van der Waals surface area contributed by atoms with Crippen molar-refractivity contribution in [2.75, 3.05) is 26.3 Å². The maximum atomic E-state index is 5.36. The lowest BCUT2D eigenvalue weighted by Gasteiger charge is -2.03. The largest absolute Gasteiger partial charge is 0.381 e. The van der Waals surface area contributed by atoms with Gasteiger partial charge in [-0.1, -0.05) is 0 Å². The van der Waals surface area contributed by atoms with Crippen molar-refractivity contribution in [3.8, 4) is 0 Å². The quantitative estimate of drug-likeness (QED) is 0.383. The molecule has 0 saturated heterocycles. The summed E-state index contributed by atoms with van der Waals surface area (Å²) in [6.45, 7) is 3.31. The molecule has 0 aliphatic rings. The molecule has 0 spiro atoms. The van der Waals surface area contributed by atoms with Crippen molar-refractivity contribution in [2.24, 2.45) is 5.73 Å². The Morgan fingerprint density at radius 2 is 1.75 bits per heavy atom. The van der Waals surface area contributed by atoms with Gasteiger partial charge in [-0.15, -0.1) is 0 Å². The fourth-order valence-corrected chi connectivity index (χ4v) is 0.882. The third-order valence-corrected chi connectivity index (χ3v) is 1.60. The molecule has 3 nitrogen and oxygen atoms in total. The molecule has 70 valence electrons. The summed E-state index contributed by atoms with van der Waals surface area (Å²) in [4.78, 5) is 0. The van der Waals surface area contributed by atoms with Crippen molar-refractivity contribution in [2.45, 2.75) is 25.7 Å². The van der Waals surface area contributed by atoms with Crippen LogP contribution < -0.4 is 11.0 Å². The normalized spacial score (nSPS) is 10.4. The van der Waals surface area contributed by atoms with Gasteiger partial charge in [-0.2, -0.15) is 0 Å². The van der Waals surface area contributed by atoms with Crippen LogP contribution in [0.1, 0.15) is 25.7 Å². The molecule has 0 aromatic rings. The fraction of sp³-hybridized carbons (Fsp3) is 1.00. The summed E-state index contributed by atoms with van der Waals surface area (Å²) >= 11 is 0. The summed E-state index contributed by atoms with van der Waals surface area (Å²) in [5.41, 5.74) is 5.33. The molecule has 2 radical (unpaired) electrons. The topological polar surface area (TPSA) is 47.3 Å². The molecule has 0 unspecified atom stereocenters. The number of unbranched alkanes of at least 4 members (excludes halogenated alkanes) is 2.